The number of para-hydroxylation sites is 2. The maximum atomic E-state index is 2.46. The van der Waals surface area contributed by atoms with E-state index in [1.165, 1.54) is 120 Å². The molecule has 0 bridgehead atoms. The first-order chi connectivity index (χ1) is 30.7. The molecule has 2 heteroatoms. The molecule has 0 unspecified atom stereocenters. The Bertz CT molecular complexity index is 4000. The molecule has 1 aliphatic carbocycles. The first-order valence-corrected chi connectivity index (χ1v) is 21.5. The first-order valence-electron chi connectivity index (χ1n) is 21.5. The van der Waals surface area contributed by atoms with Crippen LogP contribution in [0, 0.1) is 0 Å². The molecular formula is C60H36N2. The lowest BCUT2D eigenvalue weighted by Crippen LogP contribution is -1.95. The van der Waals surface area contributed by atoms with Gasteiger partial charge >= 0.3 is 0 Å². The van der Waals surface area contributed by atoms with Crippen molar-refractivity contribution in [2.24, 2.45) is 0 Å². The Balaban J connectivity index is 0.915. The molecule has 0 atom stereocenters. The molecule has 13 aromatic rings. The lowest BCUT2D eigenvalue weighted by Gasteiger charge is -2.13. The quantitative estimate of drug-likeness (QED) is 0.168. The van der Waals surface area contributed by atoms with Gasteiger partial charge in [-0.15, -0.1) is 0 Å². The summed E-state index contributed by atoms with van der Waals surface area (Å²) in [4.78, 5) is 0. The minimum atomic E-state index is 1.16. The van der Waals surface area contributed by atoms with Gasteiger partial charge in [-0.3, -0.25) is 0 Å². The van der Waals surface area contributed by atoms with E-state index in [1.807, 2.05) is 0 Å². The van der Waals surface area contributed by atoms with Gasteiger partial charge in [-0.2, -0.15) is 0 Å². The largest absolute Gasteiger partial charge is 0.309 e. The average Bonchev–Trinajstić information content (AvgIpc) is 3.98. The van der Waals surface area contributed by atoms with Gasteiger partial charge in [-0.1, -0.05) is 170 Å². The van der Waals surface area contributed by atoms with Crippen LogP contribution in [0.15, 0.2) is 218 Å². The van der Waals surface area contributed by atoms with Crippen LogP contribution in [0.2, 0.25) is 0 Å². The zero-order chi connectivity index (χ0) is 40.5. The van der Waals surface area contributed by atoms with Gasteiger partial charge in [-0.25, -0.2) is 0 Å². The Morgan fingerprint density at radius 3 is 1.65 bits per heavy atom. The Morgan fingerprint density at radius 1 is 0.242 bits per heavy atom. The van der Waals surface area contributed by atoms with Crippen molar-refractivity contribution in [3.05, 3.63) is 218 Å². The van der Waals surface area contributed by atoms with Gasteiger partial charge in [0.1, 0.15) is 0 Å². The van der Waals surface area contributed by atoms with E-state index in [0.29, 0.717) is 0 Å². The summed E-state index contributed by atoms with van der Waals surface area (Å²) in [5, 5.41) is 12.7. The number of hydrogen-bond donors (Lipinski definition) is 0. The summed E-state index contributed by atoms with van der Waals surface area (Å²) in [7, 11) is 0. The highest BCUT2D eigenvalue weighted by Crippen LogP contribution is 2.49. The standard InChI is InChI=1S/C60H36N2/c1-2-12-43(13-3-1)62-58-36-41(26-29-51(58)55-30-24-37-11-4-5-14-46(37)60(55)62)40-25-28-50-49-17-8-9-20-56(49)61(57(50)35-40)44-27-23-38-33-42(22-21-39(38)34-44)45-31-32-54-48-16-7-6-15-47(48)53-19-10-18-52(45)59(53)54/h1-36H. The molecule has 0 saturated carbocycles. The van der Waals surface area contributed by atoms with Crippen LogP contribution in [0.4, 0.5) is 0 Å². The lowest BCUT2D eigenvalue weighted by molar-refractivity contribution is 1.18. The van der Waals surface area contributed by atoms with Crippen LogP contribution < -0.4 is 0 Å². The third kappa shape index (κ3) is 4.69. The van der Waals surface area contributed by atoms with E-state index in [2.05, 4.69) is 228 Å². The van der Waals surface area contributed by atoms with E-state index in [9.17, 15) is 0 Å². The molecule has 2 aromatic heterocycles. The van der Waals surface area contributed by atoms with Crippen LogP contribution in [0.1, 0.15) is 0 Å². The van der Waals surface area contributed by atoms with E-state index in [4.69, 9.17) is 0 Å². The Hall–Kier alpha value is -8.20. The van der Waals surface area contributed by atoms with E-state index < -0.39 is 0 Å². The monoisotopic (exact) mass is 784 g/mol. The maximum Gasteiger partial charge on any atom is 0.0619 e. The highest BCUT2D eigenvalue weighted by Gasteiger charge is 2.23. The predicted molar refractivity (Wildman–Crippen MR) is 263 cm³/mol. The molecule has 0 amide bonds. The molecule has 0 N–H and O–H groups in total. The second-order valence-corrected chi connectivity index (χ2v) is 16.9. The van der Waals surface area contributed by atoms with Crippen molar-refractivity contribution in [3.8, 4) is 55.9 Å². The van der Waals surface area contributed by atoms with Crippen molar-refractivity contribution < 1.29 is 0 Å². The summed E-state index contributed by atoms with van der Waals surface area (Å²) in [6.07, 6.45) is 0. The molecular weight excluding hydrogens is 749 g/mol. The van der Waals surface area contributed by atoms with Crippen molar-refractivity contribution in [1.82, 2.24) is 9.13 Å². The topological polar surface area (TPSA) is 9.86 Å². The average molecular weight is 785 g/mol. The summed E-state index contributed by atoms with van der Waals surface area (Å²) < 4.78 is 4.91. The second-order valence-electron chi connectivity index (χ2n) is 16.9. The highest BCUT2D eigenvalue weighted by molar-refractivity contribution is 6.20. The van der Waals surface area contributed by atoms with Gasteiger partial charge in [-0.05, 0) is 120 Å². The van der Waals surface area contributed by atoms with Crippen molar-refractivity contribution in [2.45, 2.75) is 0 Å². The van der Waals surface area contributed by atoms with E-state index in [1.54, 1.807) is 0 Å². The number of hydrogen-bond acceptors (Lipinski definition) is 0. The zero-order valence-electron chi connectivity index (χ0n) is 33.7. The number of rotatable bonds is 4. The predicted octanol–water partition coefficient (Wildman–Crippen LogP) is 16.3. The number of aromatic nitrogens is 2. The fourth-order valence-corrected chi connectivity index (χ4v) is 10.8. The minimum absolute atomic E-state index is 1.16. The lowest BCUT2D eigenvalue weighted by atomic mass is 9.93. The second kappa shape index (κ2) is 12.7. The van der Waals surface area contributed by atoms with Crippen molar-refractivity contribution in [3.63, 3.8) is 0 Å². The smallest absolute Gasteiger partial charge is 0.0619 e. The zero-order valence-corrected chi connectivity index (χ0v) is 33.7. The van der Waals surface area contributed by atoms with Crippen LogP contribution in [0.5, 0.6) is 0 Å². The molecule has 0 aliphatic heterocycles. The van der Waals surface area contributed by atoms with Crippen molar-refractivity contribution in [1.29, 1.82) is 0 Å². The molecule has 0 radical (unpaired) electrons. The van der Waals surface area contributed by atoms with Gasteiger partial charge in [0.25, 0.3) is 0 Å². The van der Waals surface area contributed by atoms with Crippen molar-refractivity contribution >= 4 is 75.9 Å². The van der Waals surface area contributed by atoms with Gasteiger partial charge in [0.05, 0.1) is 22.1 Å². The Morgan fingerprint density at radius 2 is 0.806 bits per heavy atom. The maximum absolute atomic E-state index is 2.46. The molecule has 0 fully saturated rings. The van der Waals surface area contributed by atoms with Gasteiger partial charge in [0.15, 0.2) is 0 Å². The Kier molecular flexibility index (Phi) is 6.86. The number of benzene rings is 11. The SMILES string of the molecule is c1ccc(-n2c3cc(-c4ccc5c6ccccc6n(-c6ccc7cc(-c8ccc9c%10c(cccc8%10)-c8ccccc8-9)ccc7c6)c5c4)ccc3c3ccc4ccccc4c32)cc1. The fraction of sp³-hybridized carbons (Fsp3) is 0. The number of nitrogens with zero attached hydrogens (tertiary/aromatic N) is 2. The summed E-state index contributed by atoms with van der Waals surface area (Å²) in [6, 6.07) is 81.0. The third-order valence-electron chi connectivity index (χ3n) is 13.6. The number of fused-ring (bicyclic) bond motifs is 12. The van der Waals surface area contributed by atoms with Crippen LogP contribution in [0.25, 0.3) is 132 Å². The molecule has 2 heterocycles. The van der Waals surface area contributed by atoms with Crippen LogP contribution in [0.3, 0.4) is 0 Å². The van der Waals surface area contributed by atoms with E-state index >= 15 is 0 Å². The molecule has 11 aromatic carbocycles. The van der Waals surface area contributed by atoms with Crippen LogP contribution in [-0.4, -0.2) is 9.13 Å². The van der Waals surface area contributed by atoms with Gasteiger partial charge < -0.3 is 9.13 Å². The molecule has 62 heavy (non-hydrogen) atoms. The third-order valence-corrected chi connectivity index (χ3v) is 13.6. The van der Waals surface area contributed by atoms with Crippen LogP contribution in [-0.2, 0) is 0 Å². The van der Waals surface area contributed by atoms with Gasteiger partial charge in [0.2, 0.25) is 0 Å². The molecule has 14 rings (SSSR count). The molecule has 0 saturated heterocycles. The van der Waals surface area contributed by atoms with Gasteiger partial charge in [0, 0.05) is 38.3 Å². The molecule has 2 nitrogen and oxygen atoms in total. The Labute approximate surface area is 357 Å². The molecule has 0 spiro atoms. The minimum Gasteiger partial charge on any atom is -0.309 e. The molecule has 286 valence electrons. The van der Waals surface area contributed by atoms with Crippen molar-refractivity contribution in [2.75, 3.05) is 0 Å². The normalized spacial score (nSPS) is 12.2. The first kappa shape index (κ1) is 33.6. The fourth-order valence-electron chi connectivity index (χ4n) is 10.8. The summed E-state index contributed by atoms with van der Waals surface area (Å²) in [5.74, 6) is 0. The summed E-state index contributed by atoms with van der Waals surface area (Å²) in [6.45, 7) is 0. The highest BCUT2D eigenvalue weighted by atomic mass is 15.0. The van der Waals surface area contributed by atoms with Crippen LogP contribution >= 0.6 is 0 Å². The molecule has 1 aliphatic rings. The van der Waals surface area contributed by atoms with E-state index in [0.717, 1.165) is 11.4 Å². The summed E-state index contributed by atoms with van der Waals surface area (Å²) in [5.41, 5.74) is 17.4. The van der Waals surface area contributed by atoms with E-state index in [-0.39, 0.29) is 0 Å². The summed E-state index contributed by atoms with van der Waals surface area (Å²) >= 11 is 0.